The van der Waals surface area contributed by atoms with Crippen LogP contribution in [-0.4, -0.2) is 58.9 Å². The van der Waals surface area contributed by atoms with Crippen LogP contribution < -0.4 is 4.90 Å². The quantitative estimate of drug-likeness (QED) is 0.814. The van der Waals surface area contributed by atoms with E-state index in [1.54, 1.807) is 29.1 Å². The highest BCUT2D eigenvalue weighted by Crippen LogP contribution is 2.41. The molecule has 0 bridgehead atoms. The van der Waals surface area contributed by atoms with Crippen LogP contribution >= 0.6 is 0 Å². The van der Waals surface area contributed by atoms with Gasteiger partial charge in [-0.2, -0.15) is 10.2 Å². The Morgan fingerprint density at radius 3 is 2.81 bits per heavy atom. The Morgan fingerprint density at radius 2 is 2.10 bits per heavy atom. The number of alkyl halides is 2. The van der Waals surface area contributed by atoms with Crippen molar-refractivity contribution in [2.24, 2.45) is 5.10 Å². The van der Waals surface area contributed by atoms with Gasteiger partial charge in [-0.3, -0.25) is 14.9 Å². The van der Waals surface area contributed by atoms with E-state index in [2.05, 4.69) is 15.3 Å². The Labute approximate surface area is 179 Å². The predicted molar refractivity (Wildman–Crippen MR) is 114 cm³/mol. The molecule has 7 nitrogen and oxygen atoms in total. The molecule has 1 aromatic heterocycles. The molecule has 1 unspecified atom stereocenters. The van der Waals surface area contributed by atoms with Crippen molar-refractivity contribution in [3.8, 4) is 0 Å². The standard InChI is InChI=1S/C22H26F2N6O/c1-13(31)29-7-5-19-18(12-29)22(27-26-19)30-6-3-4-14-8-16(15-10-25-28(2)11-15)17(21(23)24)9-20(14)30/h8-10,15,21H,3-7,11-12H2,1-2H3,(H,26,27). The number of hydrogen-bond acceptors (Lipinski definition) is 5. The number of hydrazone groups is 1. The molecule has 1 N–H and O–H groups in total. The number of aryl methyl sites for hydroxylation is 1. The summed E-state index contributed by atoms with van der Waals surface area (Å²) in [5.74, 6) is 0.652. The average Bonchev–Trinajstić information content (AvgIpc) is 3.38. The lowest BCUT2D eigenvalue weighted by Crippen LogP contribution is -2.35. The normalized spacial score (nSPS) is 20.4. The van der Waals surface area contributed by atoms with E-state index in [1.807, 2.05) is 18.0 Å². The zero-order valence-electron chi connectivity index (χ0n) is 17.7. The topological polar surface area (TPSA) is 67.8 Å². The van der Waals surface area contributed by atoms with Gasteiger partial charge < -0.3 is 9.80 Å². The monoisotopic (exact) mass is 428 g/mol. The van der Waals surface area contributed by atoms with Gasteiger partial charge in [-0.25, -0.2) is 8.78 Å². The van der Waals surface area contributed by atoms with E-state index in [1.165, 1.54) is 0 Å². The molecule has 0 saturated carbocycles. The van der Waals surface area contributed by atoms with Crippen molar-refractivity contribution >= 4 is 23.6 Å². The number of likely N-dealkylation sites (N-methyl/N-ethyl adjacent to an activating group) is 1. The van der Waals surface area contributed by atoms with Crippen LogP contribution in [0.2, 0.25) is 0 Å². The minimum absolute atomic E-state index is 0.0321. The van der Waals surface area contributed by atoms with E-state index in [0.29, 0.717) is 31.7 Å². The van der Waals surface area contributed by atoms with Crippen LogP contribution in [0.5, 0.6) is 0 Å². The number of fused-ring (bicyclic) bond motifs is 2. The molecule has 0 spiro atoms. The van der Waals surface area contributed by atoms with E-state index < -0.39 is 6.43 Å². The van der Waals surface area contributed by atoms with Gasteiger partial charge in [0.2, 0.25) is 5.91 Å². The van der Waals surface area contributed by atoms with Crippen LogP contribution in [-0.2, 0) is 24.2 Å². The number of benzene rings is 1. The number of amides is 1. The molecule has 3 aliphatic rings. The Morgan fingerprint density at radius 1 is 1.26 bits per heavy atom. The fourth-order valence-electron chi connectivity index (χ4n) is 4.92. The Kier molecular flexibility index (Phi) is 4.91. The van der Waals surface area contributed by atoms with Gasteiger partial charge >= 0.3 is 0 Å². The fraction of sp³-hybridized carbons (Fsp3) is 0.500. The summed E-state index contributed by atoms with van der Waals surface area (Å²) in [7, 11) is 1.85. The largest absolute Gasteiger partial charge is 0.338 e. The number of aromatic nitrogens is 2. The maximum atomic E-state index is 14.1. The minimum Gasteiger partial charge on any atom is -0.338 e. The smallest absolute Gasteiger partial charge is 0.264 e. The summed E-state index contributed by atoms with van der Waals surface area (Å²) in [5, 5.41) is 13.7. The molecule has 0 saturated heterocycles. The molecular weight excluding hydrogens is 402 g/mol. The van der Waals surface area contributed by atoms with Gasteiger partial charge in [0.05, 0.1) is 6.54 Å². The zero-order chi connectivity index (χ0) is 21.7. The number of carbonyl (C=O) groups excluding carboxylic acids is 1. The third kappa shape index (κ3) is 3.45. The van der Waals surface area contributed by atoms with Gasteiger partial charge in [-0.15, -0.1) is 0 Å². The van der Waals surface area contributed by atoms with Gasteiger partial charge in [0.25, 0.3) is 6.43 Å². The predicted octanol–water partition coefficient (Wildman–Crippen LogP) is 3.35. The Hall–Kier alpha value is -2.97. The van der Waals surface area contributed by atoms with Crippen LogP contribution in [0.25, 0.3) is 0 Å². The zero-order valence-corrected chi connectivity index (χ0v) is 17.7. The summed E-state index contributed by atoms with van der Waals surface area (Å²) >= 11 is 0. The first kappa shape index (κ1) is 20.0. The van der Waals surface area contributed by atoms with Crippen molar-refractivity contribution in [1.29, 1.82) is 0 Å². The SMILES string of the molecule is CC(=O)N1CCc2[nH]nc(N3CCCc4cc(C5C=NN(C)C5)c(C(F)F)cc43)c2C1. The van der Waals surface area contributed by atoms with E-state index in [-0.39, 0.29) is 17.4 Å². The maximum Gasteiger partial charge on any atom is 0.264 e. The van der Waals surface area contributed by atoms with Gasteiger partial charge in [-0.1, -0.05) is 6.07 Å². The highest BCUT2D eigenvalue weighted by molar-refractivity contribution is 5.76. The highest BCUT2D eigenvalue weighted by atomic mass is 19.3. The van der Waals surface area contributed by atoms with Gasteiger partial charge in [0.15, 0.2) is 5.82 Å². The van der Waals surface area contributed by atoms with E-state index in [0.717, 1.165) is 47.6 Å². The molecular formula is C22H26F2N6O. The molecule has 0 fully saturated rings. The fourth-order valence-corrected chi connectivity index (χ4v) is 4.92. The van der Waals surface area contributed by atoms with Crippen molar-refractivity contribution in [3.63, 3.8) is 0 Å². The Bertz CT molecular complexity index is 1050. The number of rotatable bonds is 3. The molecule has 2 aromatic rings. The summed E-state index contributed by atoms with van der Waals surface area (Å²) in [6, 6.07) is 3.59. The third-order valence-electron chi connectivity index (χ3n) is 6.55. The number of anilines is 2. The lowest BCUT2D eigenvalue weighted by Gasteiger charge is -2.33. The van der Waals surface area contributed by atoms with Crippen molar-refractivity contribution in [3.05, 3.63) is 40.1 Å². The van der Waals surface area contributed by atoms with Crippen LogP contribution in [0.3, 0.4) is 0 Å². The lowest BCUT2D eigenvalue weighted by atomic mass is 9.89. The molecule has 1 aromatic carbocycles. The summed E-state index contributed by atoms with van der Waals surface area (Å²) in [4.78, 5) is 15.8. The molecule has 1 amide bonds. The molecule has 164 valence electrons. The summed E-state index contributed by atoms with van der Waals surface area (Å²) in [5.41, 5.74) is 4.59. The van der Waals surface area contributed by atoms with E-state index in [9.17, 15) is 13.6 Å². The molecule has 3 aliphatic heterocycles. The second-order valence-electron chi connectivity index (χ2n) is 8.57. The van der Waals surface area contributed by atoms with E-state index in [4.69, 9.17) is 0 Å². The van der Waals surface area contributed by atoms with E-state index >= 15 is 0 Å². The van der Waals surface area contributed by atoms with Gasteiger partial charge in [-0.05, 0) is 30.0 Å². The molecule has 1 atom stereocenters. The third-order valence-corrected chi connectivity index (χ3v) is 6.55. The first-order valence-electron chi connectivity index (χ1n) is 10.7. The van der Waals surface area contributed by atoms with Crippen LogP contribution in [0.4, 0.5) is 20.3 Å². The van der Waals surface area contributed by atoms with Gasteiger partial charge in [0.1, 0.15) is 0 Å². The number of H-pyrrole nitrogens is 1. The van der Waals surface area contributed by atoms with Crippen molar-refractivity contribution in [1.82, 2.24) is 20.1 Å². The number of hydrogen-bond donors (Lipinski definition) is 1. The number of nitrogens with one attached hydrogen (secondary N) is 1. The molecule has 5 rings (SSSR count). The summed E-state index contributed by atoms with van der Waals surface area (Å²) in [6.07, 6.45) is 1.67. The van der Waals surface area contributed by atoms with Crippen molar-refractivity contribution < 1.29 is 13.6 Å². The number of nitrogens with zero attached hydrogens (tertiary/aromatic N) is 5. The maximum absolute atomic E-state index is 14.1. The lowest BCUT2D eigenvalue weighted by molar-refractivity contribution is -0.129. The minimum atomic E-state index is -2.57. The summed E-state index contributed by atoms with van der Waals surface area (Å²) in [6.45, 7) is 4.04. The summed E-state index contributed by atoms with van der Waals surface area (Å²) < 4.78 is 28.2. The number of carbonyl (C=O) groups is 1. The van der Waals surface area contributed by atoms with Crippen LogP contribution in [0.1, 0.15) is 53.6 Å². The van der Waals surface area contributed by atoms with Crippen molar-refractivity contribution in [2.75, 3.05) is 31.6 Å². The molecule has 9 heteroatoms. The van der Waals surface area contributed by atoms with Crippen LogP contribution in [0.15, 0.2) is 17.2 Å². The molecule has 0 radical (unpaired) electrons. The second-order valence-corrected chi connectivity index (χ2v) is 8.57. The van der Waals surface area contributed by atoms with Gasteiger partial charge in [0, 0.05) is 74.7 Å². The molecule has 4 heterocycles. The number of halogens is 2. The van der Waals surface area contributed by atoms with Crippen LogP contribution in [0, 0.1) is 0 Å². The average molecular weight is 428 g/mol. The first-order chi connectivity index (χ1) is 14.9. The number of aromatic amines is 1. The second kappa shape index (κ2) is 7.62. The molecule has 31 heavy (non-hydrogen) atoms. The first-order valence-corrected chi connectivity index (χ1v) is 10.7. The highest BCUT2D eigenvalue weighted by Gasteiger charge is 2.31. The Balaban J connectivity index is 1.56. The molecule has 0 aliphatic carbocycles. The van der Waals surface area contributed by atoms with Crippen molar-refractivity contribution in [2.45, 2.75) is 45.1 Å².